The number of carbonyl (C=O) groups is 2. The molecular weight excluding hydrogens is 335 g/mol. The Balaban J connectivity index is 2.21. The number of hydrogen-bond acceptors (Lipinski definition) is 2. The lowest BCUT2D eigenvalue weighted by Gasteiger charge is -2.17. The van der Waals surface area contributed by atoms with E-state index < -0.39 is 35.2 Å². The van der Waals surface area contributed by atoms with Crippen molar-refractivity contribution in [2.75, 3.05) is 0 Å². The van der Waals surface area contributed by atoms with E-state index in [2.05, 4.69) is 5.32 Å². The number of hydrogen-bond donors (Lipinski definition) is 2. The van der Waals surface area contributed by atoms with E-state index in [4.69, 9.17) is 0 Å². The number of halogens is 3. The molecule has 0 aliphatic rings. The van der Waals surface area contributed by atoms with Gasteiger partial charge in [0, 0.05) is 6.42 Å². The molecule has 2 rings (SSSR count). The number of carbonyl (C=O) groups excluding carboxylic acids is 1. The summed E-state index contributed by atoms with van der Waals surface area (Å²) in [5, 5.41) is 11.4. The summed E-state index contributed by atoms with van der Waals surface area (Å²) in [7, 11) is 0. The number of aliphatic carboxylic acids is 1. The lowest BCUT2D eigenvalue weighted by Crippen LogP contribution is -2.42. The first-order valence-electron chi connectivity index (χ1n) is 7.44. The Labute approximate surface area is 142 Å². The highest BCUT2D eigenvalue weighted by atomic mass is 19.4. The number of carboxylic acids is 1. The summed E-state index contributed by atoms with van der Waals surface area (Å²) in [4.78, 5) is 23.6. The summed E-state index contributed by atoms with van der Waals surface area (Å²) in [6.45, 7) is 1.87. The average molecular weight is 351 g/mol. The first-order chi connectivity index (χ1) is 11.7. The Kier molecular flexibility index (Phi) is 5.46. The van der Waals surface area contributed by atoms with Crippen molar-refractivity contribution in [3.8, 4) is 0 Å². The zero-order valence-corrected chi connectivity index (χ0v) is 13.3. The van der Waals surface area contributed by atoms with Gasteiger partial charge in [0.1, 0.15) is 6.04 Å². The smallest absolute Gasteiger partial charge is 0.417 e. The van der Waals surface area contributed by atoms with Crippen molar-refractivity contribution in [1.82, 2.24) is 5.32 Å². The lowest BCUT2D eigenvalue weighted by atomic mass is 10.0. The van der Waals surface area contributed by atoms with Crippen LogP contribution < -0.4 is 5.32 Å². The van der Waals surface area contributed by atoms with Crippen LogP contribution in [-0.4, -0.2) is 23.0 Å². The second-order valence-corrected chi connectivity index (χ2v) is 5.60. The minimum absolute atomic E-state index is 0.0322. The Morgan fingerprint density at radius 1 is 1.08 bits per heavy atom. The maximum absolute atomic E-state index is 13.0. The molecule has 0 aliphatic carbocycles. The molecular formula is C18H16F3NO3. The SMILES string of the molecule is Cc1ccc(C[C@H](NC(=O)c2ccccc2C(F)(F)F)C(=O)O)cc1. The maximum Gasteiger partial charge on any atom is 0.417 e. The molecule has 0 spiro atoms. The van der Waals surface area contributed by atoms with E-state index in [1.165, 1.54) is 12.1 Å². The van der Waals surface area contributed by atoms with E-state index in [0.717, 1.165) is 17.7 Å². The van der Waals surface area contributed by atoms with Gasteiger partial charge in [-0.1, -0.05) is 42.0 Å². The molecule has 0 bridgehead atoms. The largest absolute Gasteiger partial charge is 0.480 e. The molecule has 2 N–H and O–H groups in total. The van der Waals surface area contributed by atoms with Crippen LogP contribution in [0.5, 0.6) is 0 Å². The monoisotopic (exact) mass is 351 g/mol. The van der Waals surface area contributed by atoms with Gasteiger partial charge in [0.25, 0.3) is 5.91 Å². The third kappa shape index (κ3) is 4.82. The van der Waals surface area contributed by atoms with E-state index >= 15 is 0 Å². The van der Waals surface area contributed by atoms with Crippen LogP contribution >= 0.6 is 0 Å². The quantitative estimate of drug-likeness (QED) is 0.867. The maximum atomic E-state index is 13.0. The van der Waals surface area contributed by atoms with Gasteiger partial charge in [-0.3, -0.25) is 4.79 Å². The molecule has 2 aromatic carbocycles. The molecule has 132 valence electrons. The molecule has 7 heteroatoms. The summed E-state index contributed by atoms with van der Waals surface area (Å²) >= 11 is 0. The first kappa shape index (κ1) is 18.5. The average Bonchev–Trinajstić information content (AvgIpc) is 2.55. The predicted molar refractivity (Wildman–Crippen MR) is 85.2 cm³/mol. The van der Waals surface area contributed by atoms with E-state index in [1.54, 1.807) is 24.3 Å². The van der Waals surface area contributed by atoms with Gasteiger partial charge < -0.3 is 10.4 Å². The fraction of sp³-hybridized carbons (Fsp3) is 0.222. The van der Waals surface area contributed by atoms with Gasteiger partial charge in [0.2, 0.25) is 0 Å². The molecule has 0 aliphatic heterocycles. The van der Waals surface area contributed by atoms with Crippen molar-refractivity contribution in [3.05, 3.63) is 70.8 Å². The molecule has 4 nitrogen and oxygen atoms in total. The molecule has 2 aromatic rings. The highest BCUT2D eigenvalue weighted by Gasteiger charge is 2.35. The molecule has 0 heterocycles. The number of nitrogens with one attached hydrogen (secondary N) is 1. The van der Waals surface area contributed by atoms with E-state index in [-0.39, 0.29) is 6.42 Å². The minimum atomic E-state index is -4.70. The number of rotatable bonds is 5. The van der Waals surface area contributed by atoms with Gasteiger partial charge >= 0.3 is 12.1 Å². The molecule has 1 atom stereocenters. The number of alkyl halides is 3. The highest BCUT2D eigenvalue weighted by molar-refractivity contribution is 5.98. The normalized spacial score (nSPS) is 12.5. The second kappa shape index (κ2) is 7.38. The summed E-state index contributed by atoms with van der Waals surface area (Å²) in [5.74, 6) is -2.40. The molecule has 0 saturated heterocycles. The fourth-order valence-corrected chi connectivity index (χ4v) is 2.32. The van der Waals surface area contributed by atoms with Crippen molar-refractivity contribution in [2.24, 2.45) is 0 Å². The Morgan fingerprint density at radius 2 is 1.68 bits per heavy atom. The third-order valence-electron chi connectivity index (χ3n) is 3.64. The lowest BCUT2D eigenvalue weighted by molar-refractivity contribution is -0.139. The Bertz CT molecular complexity index is 770. The summed E-state index contributed by atoms with van der Waals surface area (Å²) in [6.07, 6.45) is -4.74. The fourth-order valence-electron chi connectivity index (χ4n) is 2.32. The van der Waals surface area contributed by atoms with Crippen molar-refractivity contribution >= 4 is 11.9 Å². The number of benzene rings is 2. The van der Waals surface area contributed by atoms with Crippen LogP contribution in [0.25, 0.3) is 0 Å². The van der Waals surface area contributed by atoms with Gasteiger partial charge in [0.15, 0.2) is 0 Å². The molecule has 25 heavy (non-hydrogen) atoms. The van der Waals surface area contributed by atoms with Crippen LogP contribution in [0.3, 0.4) is 0 Å². The zero-order valence-electron chi connectivity index (χ0n) is 13.3. The second-order valence-electron chi connectivity index (χ2n) is 5.60. The van der Waals surface area contributed by atoms with E-state index in [9.17, 15) is 27.9 Å². The molecule has 1 amide bonds. The standard InChI is InChI=1S/C18H16F3NO3/c1-11-6-8-12(9-7-11)10-15(17(24)25)22-16(23)13-4-2-3-5-14(13)18(19,20)21/h2-9,15H,10H2,1H3,(H,22,23)(H,24,25)/t15-/m0/s1. The molecule has 0 unspecified atom stereocenters. The molecule has 0 aromatic heterocycles. The summed E-state index contributed by atoms with van der Waals surface area (Å²) in [5.41, 5.74) is -0.0710. The van der Waals surface area contributed by atoms with E-state index in [0.29, 0.717) is 5.56 Å². The van der Waals surface area contributed by atoms with Crippen LogP contribution in [0.1, 0.15) is 27.0 Å². The number of aryl methyl sites for hydroxylation is 1. The Morgan fingerprint density at radius 3 is 2.24 bits per heavy atom. The number of carboxylic acid groups (broad SMARTS) is 1. The van der Waals surface area contributed by atoms with Crippen molar-refractivity contribution in [3.63, 3.8) is 0 Å². The van der Waals surface area contributed by atoms with Crippen LogP contribution in [-0.2, 0) is 17.4 Å². The van der Waals surface area contributed by atoms with Crippen molar-refractivity contribution in [1.29, 1.82) is 0 Å². The van der Waals surface area contributed by atoms with Gasteiger partial charge in [-0.25, -0.2) is 4.79 Å². The van der Waals surface area contributed by atoms with Gasteiger partial charge in [-0.15, -0.1) is 0 Å². The van der Waals surface area contributed by atoms with Crippen LogP contribution in [0, 0.1) is 6.92 Å². The highest BCUT2D eigenvalue weighted by Crippen LogP contribution is 2.31. The summed E-state index contributed by atoms with van der Waals surface area (Å²) in [6, 6.07) is 9.91. The van der Waals surface area contributed by atoms with Crippen LogP contribution in [0.15, 0.2) is 48.5 Å². The van der Waals surface area contributed by atoms with Crippen molar-refractivity contribution in [2.45, 2.75) is 25.6 Å². The van der Waals surface area contributed by atoms with Crippen molar-refractivity contribution < 1.29 is 27.9 Å². The molecule has 0 saturated carbocycles. The first-order valence-corrected chi connectivity index (χ1v) is 7.44. The van der Waals surface area contributed by atoms with E-state index in [1.807, 2.05) is 6.92 Å². The van der Waals surface area contributed by atoms with Crippen LogP contribution in [0.2, 0.25) is 0 Å². The summed E-state index contributed by atoms with van der Waals surface area (Å²) < 4.78 is 39.0. The minimum Gasteiger partial charge on any atom is -0.480 e. The van der Waals surface area contributed by atoms with Gasteiger partial charge in [-0.05, 0) is 24.6 Å². The Hall–Kier alpha value is -2.83. The molecule has 0 fully saturated rings. The van der Waals surface area contributed by atoms with Crippen LogP contribution in [0.4, 0.5) is 13.2 Å². The van der Waals surface area contributed by atoms with Gasteiger partial charge in [0.05, 0.1) is 11.1 Å². The number of amides is 1. The zero-order chi connectivity index (χ0) is 18.6. The topological polar surface area (TPSA) is 66.4 Å². The van der Waals surface area contributed by atoms with Gasteiger partial charge in [-0.2, -0.15) is 13.2 Å². The third-order valence-corrected chi connectivity index (χ3v) is 3.64. The predicted octanol–water partition coefficient (Wildman–Crippen LogP) is 3.44. The molecule has 0 radical (unpaired) electrons.